The lowest BCUT2D eigenvalue weighted by atomic mass is 9.98. The van der Waals surface area contributed by atoms with E-state index in [0.717, 1.165) is 22.3 Å². The molecule has 1 amide bonds. The van der Waals surface area contributed by atoms with Crippen molar-refractivity contribution < 1.29 is 29.0 Å². The van der Waals surface area contributed by atoms with Crippen molar-refractivity contribution in [2.24, 2.45) is 0 Å². The van der Waals surface area contributed by atoms with Crippen molar-refractivity contribution >= 4 is 18.0 Å². The molecule has 0 spiro atoms. The van der Waals surface area contributed by atoms with Crippen LogP contribution < -0.4 is 5.32 Å². The summed E-state index contributed by atoms with van der Waals surface area (Å²) < 4.78 is 10.8. The Hall–Kier alpha value is -3.39. The predicted octanol–water partition coefficient (Wildman–Crippen LogP) is 3.64. The Morgan fingerprint density at radius 1 is 1.03 bits per heavy atom. The van der Waals surface area contributed by atoms with Gasteiger partial charge in [0.05, 0.1) is 6.54 Å². The highest BCUT2D eigenvalue weighted by Crippen LogP contribution is 2.44. The number of carbonyl (C=O) groups is 3. The van der Waals surface area contributed by atoms with Gasteiger partial charge in [-0.25, -0.2) is 9.59 Å². The van der Waals surface area contributed by atoms with Crippen LogP contribution in [-0.2, 0) is 19.1 Å². The predicted molar refractivity (Wildman–Crippen MR) is 128 cm³/mol. The summed E-state index contributed by atoms with van der Waals surface area (Å²) in [6, 6.07) is 14.7. The van der Waals surface area contributed by atoms with Gasteiger partial charge < -0.3 is 19.9 Å². The van der Waals surface area contributed by atoms with E-state index in [1.54, 1.807) is 32.6 Å². The first-order valence-electron chi connectivity index (χ1n) is 11.4. The number of carboxylic acids is 1. The van der Waals surface area contributed by atoms with Crippen molar-refractivity contribution in [2.75, 3.05) is 26.2 Å². The molecule has 0 radical (unpaired) electrons. The van der Waals surface area contributed by atoms with E-state index in [1.807, 2.05) is 48.5 Å². The lowest BCUT2D eigenvalue weighted by Gasteiger charge is -2.26. The first kappa shape index (κ1) is 25.2. The SMILES string of the molecule is CCN(CC(=O)OC(C)(C)C)CC(NC(=O)OCC1c2ccccc2-c2ccccc21)C(=O)O. The second kappa shape index (κ2) is 10.7. The Morgan fingerprint density at radius 2 is 1.59 bits per heavy atom. The van der Waals surface area contributed by atoms with Gasteiger partial charge in [0.15, 0.2) is 0 Å². The Balaban J connectivity index is 1.60. The summed E-state index contributed by atoms with van der Waals surface area (Å²) in [5, 5.41) is 12.0. The van der Waals surface area contributed by atoms with Gasteiger partial charge in [-0.3, -0.25) is 9.69 Å². The maximum absolute atomic E-state index is 12.5. The zero-order valence-corrected chi connectivity index (χ0v) is 20.0. The molecule has 1 unspecified atom stereocenters. The van der Waals surface area contributed by atoms with Gasteiger partial charge >= 0.3 is 18.0 Å². The van der Waals surface area contributed by atoms with Crippen molar-refractivity contribution in [3.8, 4) is 11.1 Å². The quantitative estimate of drug-likeness (QED) is 0.541. The molecule has 1 aliphatic carbocycles. The molecule has 0 heterocycles. The number of aliphatic carboxylic acids is 1. The summed E-state index contributed by atoms with van der Waals surface area (Å²) in [5.74, 6) is -1.79. The minimum absolute atomic E-state index is 0.0602. The molecular weight excluding hydrogens is 436 g/mol. The summed E-state index contributed by atoms with van der Waals surface area (Å²) in [7, 11) is 0. The summed E-state index contributed by atoms with van der Waals surface area (Å²) in [6.07, 6.45) is -0.817. The lowest BCUT2D eigenvalue weighted by molar-refractivity contribution is -0.156. The molecule has 3 rings (SSSR count). The number of fused-ring (bicyclic) bond motifs is 3. The van der Waals surface area contributed by atoms with Crippen molar-refractivity contribution in [1.29, 1.82) is 0 Å². The minimum atomic E-state index is -1.24. The van der Waals surface area contributed by atoms with Crippen LogP contribution in [0.4, 0.5) is 4.79 Å². The minimum Gasteiger partial charge on any atom is -0.480 e. The molecule has 2 aromatic rings. The Morgan fingerprint density at radius 3 is 2.09 bits per heavy atom. The molecule has 0 aliphatic heterocycles. The van der Waals surface area contributed by atoms with Crippen LogP contribution in [0, 0.1) is 0 Å². The van der Waals surface area contributed by atoms with Gasteiger partial charge in [0.25, 0.3) is 0 Å². The molecule has 0 bridgehead atoms. The molecule has 1 atom stereocenters. The lowest BCUT2D eigenvalue weighted by Crippen LogP contribution is -2.50. The average molecular weight is 469 g/mol. The molecule has 8 nitrogen and oxygen atoms in total. The van der Waals surface area contributed by atoms with Crippen LogP contribution in [0.15, 0.2) is 48.5 Å². The molecule has 1 aliphatic rings. The van der Waals surface area contributed by atoms with Gasteiger partial charge in [0.1, 0.15) is 18.2 Å². The summed E-state index contributed by atoms with van der Waals surface area (Å²) in [6.45, 7) is 7.45. The third kappa shape index (κ3) is 6.35. The molecule has 0 saturated heterocycles. The highest BCUT2D eigenvalue weighted by molar-refractivity contribution is 5.81. The monoisotopic (exact) mass is 468 g/mol. The van der Waals surface area contributed by atoms with Crippen molar-refractivity contribution in [1.82, 2.24) is 10.2 Å². The van der Waals surface area contributed by atoms with E-state index >= 15 is 0 Å². The Kier molecular flexibility index (Phi) is 7.94. The summed E-state index contributed by atoms with van der Waals surface area (Å²) in [5.41, 5.74) is 3.72. The summed E-state index contributed by atoms with van der Waals surface area (Å²) in [4.78, 5) is 38.0. The average Bonchev–Trinajstić information content (AvgIpc) is 3.09. The van der Waals surface area contributed by atoms with Gasteiger partial charge in [-0.2, -0.15) is 0 Å². The van der Waals surface area contributed by atoms with Crippen LogP contribution in [0.2, 0.25) is 0 Å². The third-order valence-corrected chi connectivity index (χ3v) is 5.59. The van der Waals surface area contributed by atoms with E-state index in [4.69, 9.17) is 9.47 Å². The molecule has 2 N–H and O–H groups in total. The first-order chi connectivity index (χ1) is 16.1. The van der Waals surface area contributed by atoms with Crippen LogP contribution in [0.3, 0.4) is 0 Å². The number of likely N-dealkylation sites (N-methyl/N-ethyl adjacent to an activating group) is 1. The summed E-state index contributed by atoms with van der Waals surface area (Å²) >= 11 is 0. The second-order valence-electron chi connectivity index (χ2n) is 9.27. The molecular formula is C26H32N2O6. The van der Waals surface area contributed by atoms with Gasteiger partial charge in [0.2, 0.25) is 0 Å². The largest absolute Gasteiger partial charge is 0.480 e. The fourth-order valence-corrected chi connectivity index (χ4v) is 4.09. The number of carboxylic acid groups (broad SMARTS) is 1. The Bertz CT molecular complexity index is 1000. The molecule has 2 aromatic carbocycles. The number of carbonyl (C=O) groups excluding carboxylic acids is 2. The van der Waals surface area contributed by atoms with Crippen LogP contribution in [0.1, 0.15) is 44.7 Å². The standard InChI is InChI=1S/C26H32N2O6/c1-5-28(15-23(29)34-26(2,3)4)14-22(24(30)31)27-25(32)33-16-21-19-12-8-6-10-17(19)18-11-7-9-13-20(18)21/h6-13,21-22H,5,14-16H2,1-4H3,(H,27,32)(H,30,31). The number of nitrogens with zero attached hydrogens (tertiary/aromatic N) is 1. The van der Waals surface area contributed by atoms with Crippen molar-refractivity contribution in [3.05, 3.63) is 59.7 Å². The zero-order chi connectivity index (χ0) is 24.9. The number of ether oxygens (including phenoxy) is 2. The van der Waals surface area contributed by atoms with Crippen LogP contribution in [0.5, 0.6) is 0 Å². The molecule has 0 fully saturated rings. The maximum atomic E-state index is 12.5. The van der Waals surface area contributed by atoms with E-state index < -0.39 is 29.7 Å². The fraction of sp³-hybridized carbons (Fsp3) is 0.423. The number of hydrogen-bond acceptors (Lipinski definition) is 6. The van der Waals surface area contributed by atoms with E-state index in [1.165, 1.54) is 0 Å². The van der Waals surface area contributed by atoms with Crippen LogP contribution in [-0.4, -0.2) is 65.9 Å². The van der Waals surface area contributed by atoms with Crippen LogP contribution in [0.25, 0.3) is 11.1 Å². The smallest absolute Gasteiger partial charge is 0.407 e. The molecule has 0 aromatic heterocycles. The van der Waals surface area contributed by atoms with E-state index in [9.17, 15) is 19.5 Å². The number of rotatable bonds is 9. The zero-order valence-electron chi connectivity index (χ0n) is 20.0. The number of esters is 1. The molecule has 34 heavy (non-hydrogen) atoms. The van der Waals surface area contributed by atoms with Crippen molar-refractivity contribution in [2.45, 2.75) is 45.3 Å². The van der Waals surface area contributed by atoms with Gasteiger partial charge in [-0.05, 0) is 49.6 Å². The van der Waals surface area contributed by atoms with Gasteiger partial charge in [-0.15, -0.1) is 0 Å². The van der Waals surface area contributed by atoms with E-state index in [0.29, 0.717) is 6.54 Å². The highest BCUT2D eigenvalue weighted by Gasteiger charge is 2.30. The second-order valence-corrected chi connectivity index (χ2v) is 9.27. The normalized spacial score (nSPS) is 13.7. The van der Waals surface area contributed by atoms with Crippen LogP contribution >= 0.6 is 0 Å². The van der Waals surface area contributed by atoms with Gasteiger partial charge in [-0.1, -0.05) is 55.5 Å². The number of alkyl carbamates (subject to hydrolysis) is 1. The first-order valence-corrected chi connectivity index (χ1v) is 11.4. The number of amides is 1. The molecule has 0 saturated carbocycles. The topological polar surface area (TPSA) is 105 Å². The maximum Gasteiger partial charge on any atom is 0.407 e. The fourth-order valence-electron chi connectivity index (χ4n) is 4.09. The van der Waals surface area contributed by atoms with Crippen molar-refractivity contribution in [3.63, 3.8) is 0 Å². The number of hydrogen-bond donors (Lipinski definition) is 2. The van der Waals surface area contributed by atoms with Gasteiger partial charge in [0, 0.05) is 12.5 Å². The number of benzene rings is 2. The molecule has 182 valence electrons. The number of nitrogens with one attached hydrogen (secondary N) is 1. The Labute approximate surface area is 199 Å². The third-order valence-electron chi connectivity index (χ3n) is 5.59. The highest BCUT2D eigenvalue weighted by atomic mass is 16.6. The van der Waals surface area contributed by atoms with E-state index in [-0.39, 0.29) is 25.6 Å². The molecule has 8 heteroatoms. The van der Waals surface area contributed by atoms with E-state index in [2.05, 4.69) is 5.32 Å².